The molecule has 1 N–H and O–H groups in total. The van der Waals surface area contributed by atoms with E-state index in [1.807, 2.05) is 13.0 Å². The summed E-state index contributed by atoms with van der Waals surface area (Å²) in [6.45, 7) is 7.53. The molecular weight excluding hydrogens is 261 g/mol. The van der Waals surface area contributed by atoms with Crippen molar-refractivity contribution in [1.82, 2.24) is 5.32 Å². The highest BCUT2D eigenvalue weighted by Crippen LogP contribution is 2.33. The molecule has 0 radical (unpaired) electrons. The Morgan fingerprint density at radius 1 is 1.19 bits per heavy atom. The van der Waals surface area contributed by atoms with Crippen molar-refractivity contribution in [2.24, 2.45) is 11.8 Å². The Hall–Kier alpha value is -0.890. The van der Waals surface area contributed by atoms with E-state index in [0.717, 1.165) is 30.4 Å². The quantitative estimate of drug-likeness (QED) is 0.788. The third kappa shape index (κ3) is 4.54. The third-order valence-electron chi connectivity index (χ3n) is 5.25. The molecular formula is C19H30FN. The molecule has 0 heterocycles. The first-order valence-corrected chi connectivity index (χ1v) is 8.62. The Bertz CT molecular complexity index is 435. The number of rotatable bonds is 6. The van der Waals surface area contributed by atoms with Gasteiger partial charge in [0.25, 0.3) is 0 Å². The van der Waals surface area contributed by atoms with Crippen LogP contribution in [0.15, 0.2) is 18.2 Å². The molecule has 1 unspecified atom stereocenters. The molecule has 2 rings (SSSR count). The summed E-state index contributed by atoms with van der Waals surface area (Å²) in [5.41, 5.74) is 2.38. The number of hydrogen-bond donors (Lipinski definition) is 1. The van der Waals surface area contributed by atoms with Gasteiger partial charge in [-0.05, 0) is 67.8 Å². The highest BCUT2D eigenvalue weighted by molar-refractivity contribution is 5.27. The lowest BCUT2D eigenvalue weighted by molar-refractivity contribution is 0.218. The van der Waals surface area contributed by atoms with Gasteiger partial charge in [-0.1, -0.05) is 39.2 Å². The average molecular weight is 291 g/mol. The summed E-state index contributed by atoms with van der Waals surface area (Å²) in [6, 6.07) is 5.76. The van der Waals surface area contributed by atoms with Gasteiger partial charge < -0.3 is 5.32 Å². The van der Waals surface area contributed by atoms with E-state index in [4.69, 9.17) is 0 Å². The van der Waals surface area contributed by atoms with Crippen molar-refractivity contribution in [3.63, 3.8) is 0 Å². The fourth-order valence-corrected chi connectivity index (χ4v) is 3.79. The lowest BCUT2D eigenvalue weighted by atomic mass is 9.76. The standard InChI is InChI=1S/C19H30FN/c1-4-15-6-8-16(9-7-15)19(21-5-2)13-17-10-11-18(20)12-14(17)3/h10-12,15-16,19,21H,4-9,13H2,1-3H3. The maximum atomic E-state index is 13.3. The van der Waals surface area contributed by atoms with Crippen molar-refractivity contribution in [2.75, 3.05) is 6.54 Å². The smallest absolute Gasteiger partial charge is 0.123 e. The summed E-state index contributed by atoms with van der Waals surface area (Å²) in [5.74, 6) is 1.59. The summed E-state index contributed by atoms with van der Waals surface area (Å²) in [7, 11) is 0. The van der Waals surface area contributed by atoms with E-state index in [1.165, 1.54) is 37.7 Å². The van der Waals surface area contributed by atoms with Gasteiger partial charge in [-0.2, -0.15) is 0 Å². The topological polar surface area (TPSA) is 12.0 Å². The van der Waals surface area contributed by atoms with E-state index in [2.05, 4.69) is 19.2 Å². The second kappa shape index (κ2) is 7.93. The van der Waals surface area contributed by atoms with Crippen molar-refractivity contribution in [1.29, 1.82) is 0 Å². The molecule has 0 bridgehead atoms. The van der Waals surface area contributed by atoms with Crippen molar-refractivity contribution in [3.05, 3.63) is 35.1 Å². The van der Waals surface area contributed by atoms with Crippen LogP contribution in [0, 0.1) is 24.6 Å². The molecule has 1 aromatic carbocycles. The van der Waals surface area contributed by atoms with E-state index < -0.39 is 0 Å². The van der Waals surface area contributed by atoms with Gasteiger partial charge in [-0.15, -0.1) is 0 Å². The second-order valence-corrected chi connectivity index (χ2v) is 6.63. The van der Waals surface area contributed by atoms with Crippen LogP contribution in [0.1, 0.15) is 57.1 Å². The average Bonchev–Trinajstić information content (AvgIpc) is 2.49. The van der Waals surface area contributed by atoms with Gasteiger partial charge in [0, 0.05) is 6.04 Å². The number of benzene rings is 1. The number of aryl methyl sites for hydroxylation is 1. The Kier molecular flexibility index (Phi) is 6.22. The van der Waals surface area contributed by atoms with Crippen molar-refractivity contribution >= 4 is 0 Å². The maximum Gasteiger partial charge on any atom is 0.123 e. The van der Waals surface area contributed by atoms with Crippen LogP contribution in [0.2, 0.25) is 0 Å². The first-order chi connectivity index (χ1) is 10.1. The molecule has 1 nitrogen and oxygen atoms in total. The molecule has 1 fully saturated rings. The molecule has 1 aliphatic carbocycles. The zero-order valence-electron chi connectivity index (χ0n) is 13.8. The molecule has 0 saturated heterocycles. The Morgan fingerprint density at radius 2 is 1.90 bits per heavy atom. The van der Waals surface area contributed by atoms with Gasteiger partial charge in [0.15, 0.2) is 0 Å². The Balaban J connectivity index is 2.02. The van der Waals surface area contributed by atoms with Gasteiger partial charge in [0.05, 0.1) is 0 Å². The number of hydrogen-bond acceptors (Lipinski definition) is 1. The molecule has 1 aromatic rings. The van der Waals surface area contributed by atoms with Crippen LogP contribution in [0.3, 0.4) is 0 Å². The molecule has 0 aliphatic heterocycles. The largest absolute Gasteiger partial charge is 0.314 e. The summed E-state index contributed by atoms with van der Waals surface area (Å²) in [5, 5.41) is 3.68. The van der Waals surface area contributed by atoms with Crippen LogP contribution in [0.5, 0.6) is 0 Å². The number of nitrogens with one attached hydrogen (secondary N) is 1. The minimum absolute atomic E-state index is 0.125. The van der Waals surface area contributed by atoms with Crippen molar-refractivity contribution < 1.29 is 4.39 Å². The number of halogens is 1. The molecule has 2 heteroatoms. The minimum atomic E-state index is -0.125. The first kappa shape index (κ1) is 16.5. The van der Waals surface area contributed by atoms with E-state index in [1.54, 1.807) is 12.1 Å². The second-order valence-electron chi connectivity index (χ2n) is 6.63. The van der Waals surface area contributed by atoms with Crippen LogP contribution in [-0.2, 0) is 6.42 Å². The van der Waals surface area contributed by atoms with E-state index in [-0.39, 0.29) is 5.82 Å². The number of likely N-dealkylation sites (N-methyl/N-ethyl adjacent to an activating group) is 1. The molecule has 1 aliphatic rings. The van der Waals surface area contributed by atoms with Crippen molar-refractivity contribution in [2.45, 2.75) is 65.3 Å². The lowest BCUT2D eigenvalue weighted by Gasteiger charge is -2.34. The molecule has 118 valence electrons. The third-order valence-corrected chi connectivity index (χ3v) is 5.25. The summed E-state index contributed by atoms with van der Waals surface area (Å²) >= 11 is 0. The zero-order chi connectivity index (χ0) is 15.2. The maximum absolute atomic E-state index is 13.3. The van der Waals surface area contributed by atoms with E-state index in [0.29, 0.717) is 6.04 Å². The van der Waals surface area contributed by atoms with Gasteiger partial charge in [0.2, 0.25) is 0 Å². The van der Waals surface area contributed by atoms with Crippen LogP contribution >= 0.6 is 0 Å². The molecule has 0 spiro atoms. The monoisotopic (exact) mass is 291 g/mol. The molecule has 0 aromatic heterocycles. The van der Waals surface area contributed by atoms with Crippen LogP contribution in [-0.4, -0.2) is 12.6 Å². The summed E-state index contributed by atoms with van der Waals surface area (Å²) in [4.78, 5) is 0. The van der Waals surface area contributed by atoms with Gasteiger partial charge in [0.1, 0.15) is 5.82 Å². The molecule has 1 atom stereocenters. The van der Waals surface area contributed by atoms with Crippen LogP contribution in [0.4, 0.5) is 4.39 Å². The van der Waals surface area contributed by atoms with E-state index >= 15 is 0 Å². The van der Waals surface area contributed by atoms with Crippen LogP contribution < -0.4 is 5.32 Å². The SMILES string of the molecule is CCNC(Cc1ccc(F)cc1C)C1CCC(CC)CC1. The first-order valence-electron chi connectivity index (χ1n) is 8.62. The highest BCUT2D eigenvalue weighted by Gasteiger charge is 2.26. The predicted molar refractivity (Wildman–Crippen MR) is 88.0 cm³/mol. The summed E-state index contributed by atoms with van der Waals surface area (Å²) in [6.07, 6.45) is 7.81. The fourth-order valence-electron chi connectivity index (χ4n) is 3.79. The van der Waals surface area contributed by atoms with Crippen molar-refractivity contribution in [3.8, 4) is 0 Å². The summed E-state index contributed by atoms with van der Waals surface area (Å²) < 4.78 is 13.3. The zero-order valence-corrected chi connectivity index (χ0v) is 13.8. The molecule has 21 heavy (non-hydrogen) atoms. The fraction of sp³-hybridized carbons (Fsp3) is 0.684. The van der Waals surface area contributed by atoms with E-state index in [9.17, 15) is 4.39 Å². The van der Waals surface area contributed by atoms with Crippen LogP contribution in [0.25, 0.3) is 0 Å². The molecule has 0 amide bonds. The lowest BCUT2D eigenvalue weighted by Crippen LogP contribution is -2.39. The van der Waals surface area contributed by atoms with Gasteiger partial charge >= 0.3 is 0 Å². The minimum Gasteiger partial charge on any atom is -0.314 e. The Morgan fingerprint density at radius 3 is 2.48 bits per heavy atom. The Labute approximate surface area is 129 Å². The predicted octanol–water partition coefficient (Wildman–Crippen LogP) is 4.87. The van der Waals surface area contributed by atoms with Gasteiger partial charge in [-0.25, -0.2) is 4.39 Å². The molecule has 1 saturated carbocycles. The normalized spacial score (nSPS) is 24.0. The van der Waals surface area contributed by atoms with Gasteiger partial charge in [-0.3, -0.25) is 0 Å². The highest BCUT2D eigenvalue weighted by atomic mass is 19.1.